The van der Waals surface area contributed by atoms with E-state index >= 15 is 0 Å². The highest BCUT2D eigenvalue weighted by atomic mass is 16.1. The van der Waals surface area contributed by atoms with Crippen LogP contribution in [0, 0.1) is 6.92 Å². The number of carbonyl (C=O) groups excluding carboxylic acids is 1. The summed E-state index contributed by atoms with van der Waals surface area (Å²) in [5.74, 6) is 0.0816. The molecular formula is C15H20N4O. The second-order valence-corrected chi connectivity index (χ2v) is 5.28. The molecule has 0 spiro atoms. The largest absolute Gasteiger partial charge is 0.399 e. The third kappa shape index (κ3) is 2.82. The third-order valence-corrected chi connectivity index (χ3v) is 3.16. The number of anilines is 2. The molecule has 0 saturated heterocycles. The lowest BCUT2D eigenvalue weighted by atomic mass is 10.1. The summed E-state index contributed by atoms with van der Waals surface area (Å²) in [6.07, 6.45) is 1.81. The van der Waals surface area contributed by atoms with Crippen LogP contribution in [0.15, 0.2) is 24.4 Å². The van der Waals surface area contributed by atoms with Crippen LogP contribution in [0.5, 0.6) is 0 Å². The first-order valence-corrected chi connectivity index (χ1v) is 6.59. The van der Waals surface area contributed by atoms with E-state index in [9.17, 15) is 4.79 Å². The standard InChI is InChI=1S/C15H20N4O/c1-9(2)14-13(8-19(4)18-14)17-15(20)12-7-11(16)6-5-10(12)3/h5-9H,16H2,1-4H3,(H,17,20). The Morgan fingerprint density at radius 1 is 1.40 bits per heavy atom. The van der Waals surface area contributed by atoms with Crippen molar-refractivity contribution in [1.82, 2.24) is 9.78 Å². The Morgan fingerprint density at radius 3 is 2.75 bits per heavy atom. The summed E-state index contributed by atoms with van der Waals surface area (Å²) < 4.78 is 1.71. The van der Waals surface area contributed by atoms with Gasteiger partial charge in [0, 0.05) is 24.5 Å². The number of nitrogens with two attached hydrogens (primary N) is 1. The highest BCUT2D eigenvalue weighted by Crippen LogP contribution is 2.23. The molecule has 5 heteroatoms. The van der Waals surface area contributed by atoms with Crippen molar-refractivity contribution >= 4 is 17.3 Å². The number of hydrogen-bond donors (Lipinski definition) is 2. The van der Waals surface area contributed by atoms with Gasteiger partial charge in [0.15, 0.2) is 0 Å². The molecule has 20 heavy (non-hydrogen) atoms. The topological polar surface area (TPSA) is 72.9 Å². The van der Waals surface area contributed by atoms with Crippen molar-refractivity contribution in [2.45, 2.75) is 26.7 Å². The first-order chi connectivity index (χ1) is 9.38. The van der Waals surface area contributed by atoms with Gasteiger partial charge >= 0.3 is 0 Å². The number of aryl methyl sites for hydroxylation is 2. The molecule has 106 valence electrons. The van der Waals surface area contributed by atoms with Crippen LogP contribution in [0.25, 0.3) is 0 Å². The summed E-state index contributed by atoms with van der Waals surface area (Å²) >= 11 is 0. The molecule has 0 aliphatic rings. The molecule has 1 aromatic heterocycles. The molecule has 1 amide bonds. The Balaban J connectivity index is 2.30. The van der Waals surface area contributed by atoms with E-state index in [1.807, 2.05) is 40.1 Å². The lowest BCUT2D eigenvalue weighted by Gasteiger charge is -2.09. The second kappa shape index (κ2) is 5.36. The summed E-state index contributed by atoms with van der Waals surface area (Å²) in [6, 6.07) is 5.32. The number of carbonyl (C=O) groups is 1. The predicted molar refractivity (Wildman–Crippen MR) is 80.8 cm³/mol. The maximum atomic E-state index is 12.4. The van der Waals surface area contributed by atoms with E-state index in [0.717, 1.165) is 16.9 Å². The van der Waals surface area contributed by atoms with Gasteiger partial charge in [-0.1, -0.05) is 19.9 Å². The normalized spacial score (nSPS) is 10.8. The van der Waals surface area contributed by atoms with Crippen molar-refractivity contribution in [3.05, 3.63) is 41.2 Å². The zero-order valence-corrected chi connectivity index (χ0v) is 12.3. The van der Waals surface area contributed by atoms with Gasteiger partial charge in [-0.15, -0.1) is 0 Å². The van der Waals surface area contributed by atoms with Gasteiger partial charge in [-0.3, -0.25) is 9.48 Å². The van der Waals surface area contributed by atoms with Crippen LogP contribution in [0.4, 0.5) is 11.4 Å². The van der Waals surface area contributed by atoms with E-state index in [1.165, 1.54) is 0 Å². The van der Waals surface area contributed by atoms with Gasteiger partial charge in [0.25, 0.3) is 5.91 Å². The lowest BCUT2D eigenvalue weighted by molar-refractivity contribution is 0.102. The van der Waals surface area contributed by atoms with Crippen LogP contribution < -0.4 is 11.1 Å². The highest BCUT2D eigenvalue weighted by molar-refractivity contribution is 6.06. The van der Waals surface area contributed by atoms with E-state index in [2.05, 4.69) is 10.4 Å². The molecular weight excluding hydrogens is 252 g/mol. The van der Waals surface area contributed by atoms with Crippen molar-refractivity contribution in [2.24, 2.45) is 7.05 Å². The molecule has 3 N–H and O–H groups in total. The van der Waals surface area contributed by atoms with Gasteiger partial charge < -0.3 is 11.1 Å². The van der Waals surface area contributed by atoms with Gasteiger partial charge in [-0.05, 0) is 30.5 Å². The molecule has 1 aromatic carbocycles. The summed E-state index contributed by atoms with van der Waals surface area (Å²) in [5, 5.41) is 7.29. The van der Waals surface area contributed by atoms with Crippen molar-refractivity contribution in [3.63, 3.8) is 0 Å². The fourth-order valence-electron chi connectivity index (χ4n) is 2.10. The van der Waals surface area contributed by atoms with Crippen LogP contribution in [0.2, 0.25) is 0 Å². The van der Waals surface area contributed by atoms with Crippen molar-refractivity contribution in [2.75, 3.05) is 11.1 Å². The number of hydrogen-bond acceptors (Lipinski definition) is 3. The second-order valence-electron chi connectivity index (χ2n) is 5.28. The van der Waals surface area contributed by atoms with Gasteiger partial charge in [-0.25, -0.2) is 0 Å². The summed E-state index contributed by atoms with van der Waals surface area (Å²) in [4.78, 5) is 12.4. The average molecular weight is 272 g/mol. The van der Waals surface area contributed by atoms with Crippen LogP contribution in [0.3, 0.4) is 0 Å². The molecule has 0 aliphatic heterocycles. The summed E-state index contributed by atoms with van der Waals surface area (Å²) in [7, 11) is 1.84. The molecule has 5 nitrogen and oxygen atoms in total. The molecule has 0 atom stereocenters. The molecule has 2 rings (SSSR count). The minimum Gasteiger partial charge on any atom is -0.399 e. The van der Waals surface area contributed by atoms with E-state index in [1.54, 1.807) is 16.8 Å². The van der Waals surface area contributed by atoms with E-state index in [-0.39, 0.29) is 11.8 Å². The number of nitrogens with zero attached hydrogens (tertiary/aromatic N) is 2. The smallest absolute Gasteiger partial charge is 0.256 e. The fourth-order valence-corrected chi connectivity index (χ4v) is 2.10. The van der Waals surface area contributed by atoms with E-state index < -0.39 is 0 Å². The van der Waals surface area contributed by atoms with Crippen molar-refractivity contribution < 1.29 is 4.79 Å². The van der Waals surface area contributed by atoms with Crippen LogP contribution in [-0.2, 0) is 7.05 Å². The first kappa shape index (κ1) is 14.1. The van der Waals surface area contributed by atoms with Gasteiger partial charge in [0.05, 0.1) is 11.4 Å². The van der Waals surface area contributed by atoms with Crippen LogP contribution in [0.1, 0.15) is 41.4 Å². The highest BCUT2D eigenvalue weighted by Gasteiger charge is 2.16. The first-order valence-electron chi connectivity index (χ1n) is 6.59. The van der Waals surface area contributed by atoms with Gasteiger partial charge in [0.2, 0.25) is 0 Å². The number of amides is 1. The molecule has 2 aromatic rings. The monoisotopic (exact) mass is 272 g/mol. The quantitative estimate of drug-likeness (QED) is 0.844. The fraction of sp³-hybridized carbons (Fsp3) is 0.333. The lowest BCUT2D eigenvalue weighted by Crippen LogP contribution is -2.14. The number of rotatable bonds is 3. The number of benzene rings is 1. The third-order valence-electron chi connectivity index (χ3n) is 3.16. The minimum absolute atomic E-state index is 0.162. The molecule has 0 bridgehead atoms. The Hall–Kier alpha value is -2.30. The Labute approximate surface area is 118 Å². The van der Waals surface area contributed by atoms with Crippen LogP contribution >= 0.6 is 0 Å². The van der Waals surface area contributed by atoms with Gasteiger partial charge in [-0.2, -0.15) is 5.10 Å². The summed E-state index contributed by atoms with van der Waals surface area (Å²) in [5.41, 5.74) is 9.43. The van der Waals surface area contributed by atoms with Crippen LogP contribution in [-0.4, -0.2) is 15.7 Å². The van der Waals surface area contributed by atoms with Crippen molar-refractivity contribution in [3.8, 4) is 0 Å². The maximum absolute atomic E-state index is 12.4. The molecule has 0 aliphatic carbocycles. The molecule has 0 fully saturated rings. The molecule has 0 unspecified atom stereocenters. The Kier molecular flexibility index (Phi) is 3.79. The van der Waals surface area contributed by atoms with Gasteiger partial charge in [0.1, 0.15) is 0 Å². The number of nitrogens with one attached hydrogen (secondary N) is 1. The average Bonchev–Trinajstić information content (AvgIpc) is 2.73. The predicted octanol–water partition coefficient (Wildman–Crippen LogP) is 2.69. The van der Waals surface area contributed by atoms with E-state index in [0.29, 0.717) is 11.3 Å². The maximum Gasteiger partial charge on any atom is 0.256 e. The van der Waals surface area contributed by atoms with Crippen molar-refractivity contribution in [1.29, 1.82) is 0 Å². The Bertz CT molecular complexity index is 643. The minimum atomic E-state index is -0.162. The summed E-state index contributed by atoms with van der Waals surface area (Å²) in [6.45, 7) is 5.98. The zero-order valence-electron chi connectivity index (χ0n) is 12.3. The Morgan fingerprint density at radius 2 is 2.10 bits per heavy atom. The number of aromatic nitrogens is 2. The number of nitrogen functional groups attached to an aromatic ring is 1. The SMILES string of the molecule is Cc1ccc(N)cc1C(=O)Nc1cn(C)nc1C(C)C. The molecule has 0 saturated carbocycles. The van der Waals surface area contributed by atoms with E-state index in [4.69, 9.17) is 5.73 Å². The molecule has 1 heterocycles. The zero-order chi connectivity index (χ0) is 14.9. The molecule has 0 radical (unpaired) electrons.